The SMILES string of the molecule is COc1cnc(C(=O)Nc2cc(F)c(F)c(C[C@@H](C)SC(N)=NCF)c2)c(C)n1. The standard InChI is InChI=1S/C18H20F3N5O2S/c1-9(29-18(22)24-8-19)4-11-5-12(6-13(20)15(11)21)26-17(27)16-10(2)25-14(28-3)7-23-16/h5-7,9H,4,8H2,1-3H3,(H2,22,24)(H,26,27)/t9-/m1/s1. The summed E-state index contributed by atoms with van der Waals surface area (Å²) in [4.78, 5) is 23.9. The number of aliphatic imine (C=N–C) groups is 1. The molecule has 2 aromatic rings. The number of benzene rings is 1. The van der Waals surface area contributed by atoms with E-state index >= 15 is 0 Å². The molecule has 11 heteroatoms. The van der Waals surface area contributed by atoms with Crippen LogP contribution in [-0.2, 0) is 6.42 Å². The van der Waals surface area contributed by atoms with Gasteiger partial charge < -0.3 is 15.8 Å². The largest absolute Gasteiger partial charge is 0.480 e. The molecular weight excluding hydrogens is 407 g/mol. The molecule has 1 atom stereocenters. The number of methoxy groups -OCH3 is 1. The lowest BCUT2D eigenvalue weighted by Crippen LogP contribution is -2.17. The van der Waals surface area contributed by atoms with Crippen LogP contribution in [0.25, 0.3) is 0 Å². The maximum Gasteiger partial charge on any atom is 0.276 e. The van der Waals surface area contributed by atoms with Gasteiger partial charge in [-0.3, -0.25) is 4.79 Å². The number of carbonyl (C=O) groups excluding carboxylic acids is 1. The second-order valence-electron chi connectivity index (χ2n) is 5.98. The highest BCUT2D eigenvalue weighted by atomic mass is 32.2. The van der Waals surface area contributed by atoms with E-state index < -0.39 is 24.3 Å². The molecule has 1 aromatic carbocycles. The van der Waals surface area contributed by atoms with E-state index in [1.165, 1.54) is 19.4 Å². The Morgan fingerprint density at radius 3 is 2.76 bits per heavy atom. The van der Waals surface area contributed by atoms with Gasteiger partial charge in [-0.05, 0) is 25.0 Å². The Hall–Kier alpha value is -2.82. The molecule has 1 aromatic heterocycles. The zero-order valence-electron chi connectivity index (χ0n) is 16.0. The predicted octanol–water partition coefficient (Wildman–Crippen LogP) is 3.23. The maximum atomic E-state index is 14.2. The van der Waals surface area contributed by atoms with Gasteiger partial charge >= 0.3 is 0 Å². The number of alkyl halides is 1. The van der Waals surface area contributed by atoms with Gasteiger partial charge in [0.1, 0.15) is 5.69 Å². The minimum atomic E-state index is -1.11. The molecule has 1 amide bonds. The van der Waals surface area contributed by atoms with E-state index in [-0.39, 0.29) is 39.7 Å². The average molecular weight is 427 g/mol. The molecule has 0 radical (unpaired) electrons. The molecule has 29 heavy (non-hydrogen) atoms. The number of amidine groups is 1. The first kappa shape index (κ1) is 22.5. The summed E-state index contributed by atoms with van der Waals surface area (Å²) in [6.45, 7) is 2.33. The zero-order chi connectivity index (χ0) is 21.6. The lowest BCUT2D eigenvalue weighted by Gasteiger charge is -2.14. The van der Waals surface area contributed by atoms with Crippen molar-refractivity contribution in [2.45, 2.75) is 25.5 Å². The van der Waals surface area contributed by atoms with Crippen LogP contribution >= 0.6 is 11.8 Å². The number of hydrogen-bond donors (Lipinski definition) is 2. The van der Waals surface area contributed by atoms with Crippen molar-refractivity contribution in [2.24, 2.45) is 10.7 Å². The summed E-state index contributed by atoms with van der Waals surface area (Å²) in [5.74, 6) is -2.53. The Kier molecular flexibility index (Phi) is 7.82. The number of rotatable bonds is 7. The number of thioether (sulfide) groups is 1. The van der Waals surface area contributed by atoms with E-state index in [1.807, 2.05) is 0 Å². The maximum absolute atomic E-state index is 14.2. The lowest BCUT2D eigenvalue weighted by atomic mass is 10.1. The van der Waals surface area contributed by atoms with Crippen molar-refractivity contribution >= 4 is 28.5 Å². The van der Waals surface area contributed by atoms with Gasteiger partial charge in [0.25, 0.3) is 5.91 Å². The first-order valence-corrected chi connectivity index (χ1v) is 9.32. The number of nitrogens with one attached hydrogen (secondary N) is 1. The molecule has 0 bridgehead atoms. The molecule has 0 saturated heterocycles. The van der Waals surface area contributed by atoms with Gasteiger partial charge in [-0.15, -0.1) is 0 Å². The Bertz CT molecular complexity index is 927. The fraction of sp³-hybridized carbons (Fsp3) is 0.333. The van der Waals surface area contributed by atoms with Crippen molar-refractivity contribution in [2.75, 3.05) is 19.2 Å². The van der Waals surface area contributed by atoms with Crippen LogP contribution in [0, 0.1) is 18.6 Å². The normalized spacial score (nSPS) is 12.6. The fourth-order valence-electron chi connectivity index (χ4n) is 2.49. The van der Waals surface area contributed by atoms with Gasteiger partial charge in [-0.1, -0.05) is 18.7 Å². The van der Waals surface area contributed by atoms with E-state index in [0.717, 1.165) is 17.8 Å². The summed E-state index contributed by atoms with van der Waals surface area (Å²) in [5, 5.41) is 2.19. The number of halogens is 3. The van der Waals surface area contributed by atoms with E-state index in [2.05, 4.69) is 20.3 Å². The van der Waals surface area contributed by atoms with E-state index in [1.54, 1.807) is 13.8 Å². The van der Waals surface area contributed by atoms with Gasteiger partial charge in [-0.2, -0.15) is 0 Å². The molecule has 7 nitrogen and oxygen atoms in total. The Morgan fingerprint density at radius 1 is 1.41 bits per heavy atom. The number of carbonyl (C=O) groups is 1. The van der Waals surface area contributed by atoms with Crippen LogP contribution in [0.1, 0.15) is 28.7 Å². The Morgan fingerprint density at radius 2 is 2.14 bits per heavy atom. The van der Waals surface area contributed by atoms with Crippen molar-refractivity contribution in [1.29, 1.82) is 0 Å². The summed E-state index contributed by atoms with van der Waals surface area (Å²) in [6.07, 6.45) is 1.36. The molecule has 0 aliphatic carbocycles. The number of anilines is 1. The van der Waals surface area contributed by atoms with Crippen molar-refractivity contribution in [3.63, 3.8) is 0 Å². The highest BCUT2D eigenvalue weighted by molar-refractivity contribution is 8.14. The number of nitrogens with zero attached hydrogens (tertiary/aromatic N) is 3. The molecule has 0 unspecified atom stereocenters. The molecule has 0 fully saturated rings. The van der Waals surface area contributed by atoms with Crippen LogP contribution in [0.3, 0.4) is 0 Å². The molecular formula is C18H20F3N5O2S. The second kappa shape index (κ2) is 10.1. The van der Waals surface area contributed by atoms with Gasteiger partial charge in [0.15, 0.2) is 23.6 Å². The minimum Gasteiger partial charge on any atom is -0.480 e. The average Bonchev–Trinajstić information content (AvgIpc) is 2.65. The quantitative estimate of drug-likeness (QED) is 0.400. The van der Waals surface area contributed by atoms with Crippen LogP contribution in [0.4, 0.5) is 18.9 Å². The molecule has 2 rings (SSSR count). The number of nitrogens with two attached hydrogens (primary N) is 1. The molecule has 1 heterocycles. The van der Waals surface area contributed by atoms with Gasteiger partial charge in [0.2, 0.25) is 5.88 Å². The van der Waals surface area contributed by atoms with Crippen molar-refractivity contribution < 1.29 is 22.7 Å². The monoisotopic (exact) mass is 427 g/mol. The van der Waals surface area contributed by atoms with Crippen LogP contribution in [0.2, 0.25) is 0 Å². The zero-order valence-corrected chi connectivity index (χ0v) is 16.8. The molecule has 3 N–H and O–H groups in total. The fourth-order valence-corrected chi connectivity index (χ4v) is 3.29. The van der Waals surface area contributed by atoms with Crippen molar-refractivity contribution in [3.05, 3.63) is 46.9 Å². The van der Waals surface area contributed by atoms with Crippen molar-refractivity contribution in [3.8, 4) is 5.88 Å². The number of aromatic nitrogens is 2. The Balaban J connectivity index is 2.20. The summed E-state index contributed by atoms with van der Waals surface area (Å²) in [5.41, 5.74) is 5.96. The van der Waals surface area contributed by atoms with E-state index in [4.69, 9.17) is 10.5 Å². The van der Waals surface area contributed by atoms with Gasteiger partial charge in [0, 0.05) is 17.0 Å². The number of aryl methyl sites for hydroxylation is 1. The first-order chi connectivity index (χ1) is 13.7. The number of ether oxygens (including phenoxy) is 1. The Labute approximate surface area is 170 Å². The summed E-state index contributed by atoms with van der Waals surface area (Å²) < 4.78 is 45.3. The summed E-state index contributed by atoms with van der Waals surface area (Å²) >= 11 is 1.04. The first-order valence-electron chi connectivity index (χ1n) is 8.44. The third-order valence-electron chi connectivity index (χ3n) is 3.76. The van der Waals surface area contributed by atoms with Crippen LogP contribution in [-0.4, -0.2) is 40.2 Å². The number of amides is 1. The third-order valence-corrected chi connectivity index (χ3v) is 4.69. The second-order valence-corrected chi connectivity index (χ2v) is 7.44. The lowest BCUT2D eigenvalue weighted by molar-refractivity contribution is 0.102. The minimum absolute atomic E-state index is 0.0129. The highest BCUT2D eigenvalue weighted by Crippen LogP contribution is 2.24. The molecule has 0 saturated carbocycles. The molecule has 156 valence electrons. The topological polar surface area (TPSA) is 102 Å². The van der Waals surface area contributed by atoms with Gasteiger partial charge in [-0.25, -0.2) is 28.1 Å². The van der Waals surface area contributed by atoms with E-state index in [0.29, 0.717) is 5.69 Å². The van der Waals surface area contributed by atoms with Crippen LogP contribution in [0.5, 0.6) is 5.88 Å². The smallest absolute Gasteiger partial charge is 0.276 e. The predicted molar refractivity (Wildman–Crippen MR) is 106 cm³/mol. The molecule has 0 spiro atoms. The third kappa shape index (κ3) is 6.08. The van der Waals surface area contributed by atoms with E-state index in [9.17, 15) is 18.0 Å². The summed E-state index contributed by atoms with van der Waals surface area (Å²) in [7, 11) is 1.42. The summed E-state index contributed by atoms with van der Waals surface area (Å²) in [6, 6.07) is 2.20. The van der Waals surface area contributed by atoms with Crippen LogP contribution < -0.4 is 15.8 Å². The molecule has 0 aliphatic rings. The van der Waals surface area contributed by atoms with Gasteiger partial charge in [0.05, 0.1) is 19.0 Å². The van der Waals surface area contributed by atoms with Crippen LogP contribution in [0.15, 0.2) is 23.3 Å². The molecule has 0 aliphatic heterocycles. The highest BCUT2D eigenvalue weighted by Gasteiger charge is 2.18. The number of hydrogen-bond acceptors (Lipinski definition) is 6. The van der Waals surface area contributed by atoms with Crippen molar-refractivity contribution in [1.82, 2.24) is 9.97 Å².